The zero-order valence-corrected chi connectivity index (χ0v) is 17.5. The molecule has 0 aromatic heterocycles. The minimum atomic E-state index is -0.262. The van der Waals surface area contributed by atoms with E-state index in [0.717, 1.165) is 59.8 Å². The first-order valence-electron chi connectivity index (χ1n) is 10.5. The molecule has 2 aliphatic rings. The molecule has 4 rings (SSSR count). The Morgan fingerprint density at radius 2 is 1.93 bits per heavy atom. The molecule has 1 fully saturated rings. The normalized spacial score (nSPS) is 17.7. The van der Waals surface area contributed by atoms with Crippen LogP contribution in [0.1, 0.15) is 48.8 Å². The molecule has 2 heterocycles. The van der Waals surface area contributed by atoms with Gasteiger partial charge < -0.3 is 10.2 Å². The molecule has 29 heavy (non-hydrogen) atoms. The van der Waals surface area contributed by atoms with Crippen LogP contribution < -0.4 is 5.32 Å². The summed E-state index contributed by atoms with van der Waals surface area (Å²) in [7, 11) is 0. The molecule has 1 unspecified atom stereocenters. The quantitative estimate of drug-likeness (QED) is 0.768. The Morgan fingerprint density at radius 3 is 2.69 bits per heavy atom. The molecule has 5 heteroatoms. The maximum Gasteiger partial charge on any atom is 0.230 e. The predicted octanol–water partition coefficient (Wildman–Crippen LogP) is 4.81. The van der Waals surface area contributed by atoms with Crippen LogP contribution in [0.5, 0.6) is 0 Å². The molecule has 0 spiro atoms. The monoisotopic (exact) mass is 410 g/mol. The van der Waals surface area contributed by atoms with E-state index in [9.17, 15) is 9.59 Å². The summed E-state index contributed by atoms with van der Waals surface area (Å²) in [5, 5.41) is 3.65. The first kappa shape index (κ1) is 20.0. The third kappa shape index (κ3) is 4.32. The van der Waals surface area contributed by atoms with Gasteiger partial charge in [0.1, 0.15) is 0 Å². The molecule has 2 aliphatic heterocycles. The molecule has 152 valence electrons. The second kappa shape index (κ2) is 8.58. The van der Waals surface area contributed by atoms with Crippen LogP contribution in [-0.2, 0) is 22.4 Å². The molecular formula is C24H27ClN2O2. The number of anilines is 1. The average molecular weight is 411 g/mol. The maximum absolute atomic E-state index is 13.6. The third-order valence-corrected chi connectivity index (χ3v) is 6.62. The van der Waals surface area contributed by atoms with E-state index in [1.54, 1.807) is 0 Å². The van der Waals surface area contributed by atoms with Crippen molar-refractivity contribution in [2.75, 3.05) is 18.4 Å². The molecule has 2 aromatic rings. The number of nitrogens with one attached hydrogen (secondary N) is 1. The fourth-order valence-corrected chi connectivity index (χ4v) is 4.69. The minimum Gasteiger partial charge on any atom is -0.342 e. The standard InChI is InChI=1S/C24H27ClN2O2/c1-16-11-13-27(14-12-16)24(29)19(10-9-17-5-2-3-7-21(17)25)18-6-4-8-22-20(18)15-23(28)26-22/h2-8,16,19H,9-15H2,1H3,(H,26,28). The number of carbonyl (C=O) groups excluding carboxylic acids is 2. The van der Waals surface area contributed by atoms with Crippen molar-refractivity contribution < 1.29 is 9.59 Å². The fourth-order valence-electron chi connectivity index (χ4n) is 4.46. The van der Waals surface area contributed by atoms with Crippen LogP contribution in [0, 0.1) is 5.92 Å². The summed E-state index contributed by atoms with van der Waals surface area (Å²) in [6.07, 6.45) is 3.86. The zero-order valence-electron chi connectivity index (χ0n) is 16.8. The number of halogens is 1. The molecular weight excluding hydrogens is 384 g/mol. The molecule has 4 nitrogen and oxygen atoms in total. The lowest BCUT2D eigenvalue weighted by Crippen LogP contribution is -2.41. The largest absolute Gasteiger partial charge is 0.342 e. The van der Waals surface area contributed by atoms with Gasteiger partial charge in [0.25, 0.3) is 0 Å². The number of nitrogens with zero attached hydrogens (tertiary/aromatic N) is 1. The van der Waals surface area contributed by atoms with Crippen molar-refractivity contribution in [1.82, 2.24) is 4.90 Å². The highest BCUT2D eigenvalue weighted by Crippen LogP contribution is 2.35. The van der Waals surface area contributed by atoms with Gasteiger partial charge in [0.15, 0.2) is 0 Å². The van der Waals surface area contributed by atoms with Gasteiger partial charge in [-0.2, -0.15) is 0 Å². The number of likely N-dealkylation sites (tertiary alicyclic amines) is 1. The Bertz CT molecular complexity index is 919. The van der Waals surface area contributed by atoms with Crippen LogP contribution in [0.2, 0.25) is 5.02 Å². The summed E-state index contributed by atoms with van der Waals surface area (Å²) in [6.45, 7) is 3.88. The first-order chi connectivity index (χ1) is 14.0. The molecule has 0 bridgehead atoms. The van der Waals surface area contributed by atoms with Gasteiger partial charge in [0.05, 0.1) is 12.3 Å². The molecule has 0 radical (unpaired) electrons. The number of fused-ring (bicyclic) bond motifs is 1. The van der Waals surface area contributed by atoms with Crippen molar-refractivity contribution in [3.63, 3.8) is 0 Å². The van der Waals surface area contributed by atoms with E-state index in [4.69, 9.17) is 11.6 Å². The van der Waals surface area contributed by atoms with Crippen molar-refractivity contribution in [2.24, 2.45) is 5.92 Å². The summed E-state index contributed by atoms with van der Waals surface area (Å²) in [4.78, 5) is 27.6. The second-order valence-electron chi connectivity index (χ2n) is 8.29. The molecule has 2 amide bonds. The fraction of sp³-hybridized carbons (Fsp3) is 0.417. The Balaban J connectivity index is 1.63. The van der Waals surface area contributed by atoms with E-state index in [2.05, 4.69) is 12.2 Å². The Kier molecular flexibility index (Phi) is 5.91. The first-order valence-corrected chi connectivity index (χ1v) is 10.8. The van der Waals surface area contributed by atoms with E-state index in [1.165, 1.54) is 0 Å². The lowest BCUT2D eigenvalue weighted by atomic mass is 9.86. The Hall–Kier alpha value is -2.33. The van der Waals surface area contributed by atoms with Crippen molar-refractivity contribution >= 4 is 29.1 Å². The van der Waals surface area contributed by atoms with Crippen LogP contribution in [-0.4, -0.2) is 29.8 Å². The summed E-state index contributed by atoms with van der Waals surface area (Å²) in [5.41, 5.74) is 3.85. The van der Waals surface area contributed by atoms with Crippen LogP contribution in [0.25, 0.3) is 0 Å². The van der Waals surface area contributed by atoms with Gasteiger partial charge in [-0.1, -0.05) is 48.9 Å². The van der Waals surface area contributed by atoms with Gasteiger partial charge >= 0.3 is 0 Å². The number of hydrogen-bond donors (Lipinski definition) is 1. The number of amides is 2. The Labute approximate surface area is 177 Å². The molecule has 2 aromatic carbocycles. The van der Waals surface area contributed by atoms with Crippen molar-refractivity contribution in [3.05, 3.63) is 64.2 Å². The van der Waals surface area contributed by atoms with E-state index in [0.29, 0.717) is 18.8 Å². The van der Waals surface area contributed by atoms with Gasteiger partial charge in [-0.15, -0.1) is 0 Å². The number of piperidine rings is 1. The predicted molar refractivity (Wildman–Crippen MR) is 116 cm³/mol. The molecule has 0 saturated carbocycles. The number of aryl methyl sites for hydroxylation is 1. The maximum atomic E-state index is 13.6. The number of carbonyl (C=O) groups is 2. The van der Waals surface area contributed by atoms with E-state index in [1.807, 2.05) is 47.4 Å². The van der Waals surface area contributed by atoms with Crippen LogP contribution >= 0.6 is 11.6 Å². The van der Waals surface area contributed by atoms with Gasteiger partial charge in [-0.25, -0.2) is 0 Å². The van der Waals surface area contributed by atoms with Crippen molar-refractivity contribution in [1.29, 1.82) is 0 Å². The zero-order chi connectivity index (χ0) is 20.4. The highest BCUT2D eigenvalue weighted by atomic mass is 35.5. The number of hydrogen-bond acceptors (Lipinski definition) is 2. The molecule has 1 atom stereocenters. The summed E-state index contributed by atoms with van der Waals surface area (Å²) in [6, 6.07) is 13.7. The van der Waals surface area contributed by atoms with Crippen molar-refractivity contribution in [2.45, 2.75) is 44.9 Å². The van der Waals surface area contributed by atoms with Gasteiger partial charge in [0, 0.05) is 23.8 Å². The minimum absolute atomic E-state index is 0.00319. The second-order valence-corrected chi connectivity index (χ2v) is 8.70. The number of benzene rings is 2. The van der Waals surface area contributed by atoms with Crippen LogP contribution in [0.15, 0.2) is 42.5 Å². The molecule has 1 saturated heterocycles. The van der Waals surface area contributed by atoms with Gasteiger partial charge in [-0.05, 0) is 60.4 Å². The summed E-state index contributed by atoms with van der Waals surface area (Å²) < 4.78 is 0. The lowest BCUT2D eigenvalue weighted by molar-refractivity contribution is -0.134. The molecule has 1 N–H and O–H groups in total. The summed E-state index contributed by atoms with van der Waals surface area (Å²) in [5.74, 6) is 0.582. The number of rotatable bonds is 5. The van der Waals surface area contributed by atoms with Crippen molar-refractivity contribution in [3.8, 4) is 0 Å². The van der Waals surface area contributed by atoms with Gasteiger partial charge in [-0.3, -0.25) is 9.59 Å². The van der Waals surface area contributed by atoms with E-state index >= 15 is 0 Å². The van der Waals surface area contributed by atoms with E-state index in [-0.39, 0.29) is 17.7 Å². The topological polar surface area (TPSA) is 49.4 Å². The highest BCUT2D eigenvalue weighted by molar-refractivity contribution is 6.31. The summed E-state index contributed by atoms with van der Waals surface area (Å²) >= 11 is 6.36. The average Bonchev–Trinajstić information content (AvgIpc) is 3.10. The highest BCUT2D eigenvalue weighted by Gasteiger charge is 2.32. The lowest BCUT2D eigenvalue weighted by Gasteiger charge is -2.33. The van der Waals surface area contributed by atoms with E-state index < -0.39 is 0 Å². The Morgan fingerprint density at radius 1 is 1.17 bits per heavy atom. The third-order valence-electron chi connectivity index (χ3n) is 6.25. The van der Waals surface area contributed by atoms with Gasteiger partial charge in [0.2, 0.25) is 11.8 Å². The van der Waals surface area contributed by atoms with Crippen LogP contribution in [0.3, 0.4) is 0 Å². The molecule has 0 aliphatic carbocycles. The SMILES string of the molecule is CC1CCN(C(=O)C(CCc2ccccc2Cl)c2cccc3c2CC(=O)N3)CC1. The smallest absolute Gasteiger partial charge is 0.230 e. The van der Waals surface area contributed by atoms with Crippen LogP contribution in [0.4, 0.5) is 5.69 Å².